The fourth-order valence-electron chi connectivity index (χ4n) is 11.3. The van der Waals surface area contributed by atoms with E-state index < -0.39 is 48.0 Å². The number of carbonyl (C=O) groups excluding carboxylic acids is 10. The Morgan fingerprint density at radius 3 is 1.37 bits per heavy atom. The molecule has 0 radical (unpaired) electrons. The first-order valence-electron chi connectivity index (χ1n) is 34.6. The minimum Gasteiger partial charge on any atom is -0.480 e. The van der Waals surface area contributed by atoms with E-state index in [9.17, 15) is 63.0 Å². The molecule has 2 aliphatic heterocycles. The Labute approximate surface area is 586 Å². The number of aliphatic hydroxyl groups is 1. The number of imide groups is 2. The molecule has 0 saturated heterocycles. The van der Waals surface area contributed by atoms with E-state index in [4.69, 9.17) is 4.74 Å². The molecule has 0 unspecified atom stereocenters. The second-order valence-corrected chi connectivity index (χ2v) is 24.2. The highest BCUT2D eigenvalue weighted by molar-refractivity contribution is 6.13. The summed E-state index contributed by atoms with van der Waals surface area (Å²) in [5.41, 5.74) is 7.42. The van der Waals surface area contributed by atoms with Crippen LogP contribution in [0.1, 0.15) is 144 Å². The van der Waals surface area contributed by atoms with Crippen LogP contribution in [0.25, 0.3) is 11.1 Å². The highest BCUT2D eigenvalue weighted by Gasteiger charge is 2.33. The predicted molar refractivity (Wildman–Crippen MR) is 383 cm³/mol. The molecule has 0 aromatic heterocycles. The average molecular weight is 1370 g/mol. The SMILES string of the molecule is CC.CC(=O)CCCCCN1C(=O)C=CC1=O.CNCCCC[C@H](NC(=O)[C@H](Cc1ccccc1)NC(=O)CCCCCN1C(=O)C=CC1=O)C(=O)O.CNCCCC[C@H](NC(=O)[C@H](Cc1ccccc1)NC(=O)OCC1c2ccccc2-c2ccccc21)C(=O)Nc1ccc(CO)cc1. The second kappa shape index (κ2) is 44.8. The lowest BCUT2D eigenvalue weighted by atomic mass is 9.98. The van der Waals surface area contributed by atoms with E-state index >= 15 is 0 Å². The lowest BCUT2D eigenvalue weighted by molar-refractivity contribution is -0.142. The Morgan fingerprint density at radius 2 is 0.910 bits per heavy atom. The highest BCUT2D eigenvalue weighted by Crippen LogP contribution is 2.44. The van der Waals surface area contributed by atoms with Gasteiger partial charge in [0.05, 0.1) is 6.61 Å². The number of ether oxygens (including phenoxy) is 1. The van der Waals surface area contributed by atoms with Crippen molar-refractivity contribution in [2.45, 2.75) is 160 Å². The maximum Gasteiger partial charge on any atom is 0.407 e. The van der Waals surface area contributed by atoms with E-state index in [1.54, 1.807) is 31.2 Å². The van der Waals surface area contributed by atoms with Crippen molar-refractivity contribution >= 4 is 70.8 Å². The number of aliphatic carboxylic acids is 1. The summed E-state index contributed by atoms with van der Waals surface area (Å²) in [5, 5.41) is 38.9. The van der Waals surface area contributed by atoms with Gasteiger partial charge in [0.25, 0.3) is 23.6 Å². The highest BCUT2D eigenvalue weighted by atomic mass is 16.5. The van der Waals surface area contributed by atoms with E-state index in [0.717, 1.165) is 89.0 Å². The van der Waals surface area contributed by atoms with Gasteiger partial charge in [-0.15, -0.1) is 0 Å². The van der Waals surface area contributed by atoms with Gasteiger partial charge >= 0.3 is 12.1 Å². The third-order valence-corrected chi connectivity index (χ3v) is 16.7. The number of anilines is 1. The van der Waals surface area contributed by atoms with E-state index in [2.05, 4.69) is 61.5 Å². The van der Waals surface area contributed by atoms with Crippen LogP contribution in [0.5, 0.6) is 0 Å². The average Bonchev–Trinajstić information content (AvgIpc) is 1.62. The summed E-state index contributed by atoms with van der Waals surface area (Å²) in [5.74, 6) is -3.85. The van der Waals surface area contributed by atoms with Crippen LogP contribution in [0.2, 0.25) is 0 Å². The fourth-order valence-corrected chi connectivity index (χ4v) is 11.3. The largest absolute Gasteiger partial charge is 0.480 e. The van der Waals surface area contributed by atoms with E-state index in [0.29, 0.717) is 70.1 Å². The molecule has 536 valence electrons. The number of benzene rings is 5. The van der Waals surface area contributed by atoms with Gasteiger partial charge in [-0.3, -0.25) is 48.2 Å². The number of carboxylic acids is 1. The number of carboxylic acid groups (broad SMARTS) is 1. The molecule has 9 N–H and O–H groups in total. The standard InChI is InChI=1S/C38H42N4O5.C26H36N4O6.C11H15NO3.C2H6/c1-39-22-10-9-17-34(36(44)40-28-20-18-27(24-43)19-21-28)41-37(45)35(23-26-11-3-2-4-12-26)42-38(46)47-25-33-31-15-7-5-13-29(31)30-14-6-8-16-32(30)33;1-27-16-8-7-12-20(26(35)36)29-25(34)21(18-19-10-4-2-5-11-19)28-22(31)13-6-3-9-17-30-23(32)14-15-24(30)33;1-9(13)5-3-2-4-8-12-10(14)6-7-11(12)15;1-2/h2-8,11-16,18-21,33-35,39,43H,9-10,17,22-25H2,1H3,(H,40,44)(H,41,45)(H,42,46);2,4-5,10-11,14-15,20-21,27H,3,6-9,12-13,16-18H2,1H3,(H,28,31)(H,29,34)(H,35,36);6-7H,2-5,8H2,1H3;1-2H3/t34-,35-;20-,21-;;/m00../s1. The van der Waals surface area contributed by atoms with Crippen LogP contribution in [0.3, 0.4) is 0 Å². The summed E-state index contributed by atoms with van der Waals surface area (Å²) >= 11 is 0. The molecule has 0 spiro atoms. The van der Waals surface area contributed by atoms with Crippen LogP contribution >= 0.6 is 0 Å². The summed E-state index contributed by atoms with van der Waals surface area (Å²) in [6.45, 7) is 7.89. The van der Waals surface area contributed by atoms with Crippen molar-refractivity contribution in [3.63, 3.8) is 0 Å². The number of nitrogens with one attached hydrogen (secondary N) is 7. The van der Waals surface area contributed by atoms with Crippen LogP contribution in [0.4, 0.5) is 10.5 Å². The smallest absolute Gasteiger partial charge is 0.407 e. The molecular formula is C77H99N9O14. The molecule has 0 fully saturated rings. The third kappa shape index (κ3) is 27.7. The Morgan fingerprint density at radius 1 is 0.470 bits per heavy atom. The van der Waals surface area contributed by atoms with Gasteiger partial charge in [-0.1, -0.05) is 148 Å². The van der Waals surface area contributed by atoms with Gasteiger partial charge in [-0.25, -0.2) is 9.59 Å². The van der Waals surface area contributed by atoms with Crippen LogP contribution in [0, 0.1) is 0 Å². The van der Waals surface area contributed by atoms with Crippen molar-refractivity contribution in [3.05, 3.63) is 186 Å². The monoisotopic (exact) mass is 1370 g/mol. The number of rotatable bonds is 38. The molecule has 0 saturated carbocycles. The van der Waals surface area contributed by atoms with Gasteiger partial charge in [0.2, 0.25) is 23.6 Å². The zero-order chi connectivity index (χ0) is 72.6. The van der Waals surface area contributed by atoms with Gasteiger partial charge in [0.1, 0.15) is 36.6 Å². The van der Waals surface area contributed by atoms with Crippen LogP contribution in [0.15, 0.2) is 158 Å². The molecule has 8 rings (SSSR count). The maximum absolute atomic E-state index is 13.8. The van der Waals surface area contributed by atoms with Crippen molar-refractivity contribution in [3.8, 4) is 11.1 Å². The first-order valence-corrected chi connectivity index (χ1v) is 34.6. The van der Waals surface area contributed by atoms with E-state index in [-0.39, 0.29) is 79.6 Å². The summed E-state index contributed by atoms with van der Waals surface area (Å²) < 4.78 is 5.77. The molecule has 3 aliphatic rings. The summed E-state index contributed by atoms with van der Waals surface area (Å²) in [7, 11) is 3.69. The molecule has 4 atom stereocenters. The lowest BCUT2D eigenvalue weighted by Gasteiger charge is -2.24. The number of ketones is 1. The Kier molecular flexibility index (Phi) is 36.2. The van der Waals surface area contributed by atoms with Crippen molar-refractivity contribution in [1.82, 2.24) is 41.7 Å². The number of alkyl carbamates (subject to hydrolysis) is 1. The number of fused-ring (bicyclic) bond motifs is 3. The Bertz CT molecular complexity index is 3450. The number of amides is 9. The van der Waals surface area contributed by atoms with Gasteiger partial charge in [0.15, 0.2) is 0 Å². The summed E-state index contributed by atoms with van der Waals surface area (Å²) in [6.07, 6.45) is 13.4. The molecular weight excluding hydrogens is 1270 g/mol. The molecule has 0 bridgehead atoms. The van der Waals surface area contributed by atoms with Crippen LogP contribution < -0.4 is 37.2 Å². The van der Waals surface area contributed by atoms with Gasteiger partial charge in [-0.2, -0.15) is 0 Å². The number of aliphatic hydroxyl groups excluding tert-OH is 1. The molecule has 23 nitrogen and oxygen atoms in total. The molecule has 23 heteroatoms. The van der Waals surface area contributed by atoms with E-state index in [1.807, 2.05) is 113 Å². The molecule has 1 aliphatic carbocycles. The van der Waals surface area contributed by atoms with Gasteiger partial charge in [0, 0.05) is 74.7 Å². The lowest BCUT2D eigenvalue weighted by Crippen LogP contribution is -2.53. The van der Waals surface area contributed by atoms with Crippen LogP contribution in [-0.2, 0) is 72.1 Å². The number of nitrogens with zero attached hydrogens (tertiary/aromatic N) is 2. The third-order valence-electron chi connectivity index (χ3n) is 16.7. The van der Waals surface area contributed by atoms with Gasteiger partial charge in [-0.05, 0) is 149 Å². The fraction of sp³-hybridized carbons (Fsp3) is 0.416. The van der Waals surface area contributed by atoms with Crippen molar-refractivity contribution < 1.29 is 67.7 Å². The Balaban J connectivity index is 0.000000299. The zero-order valence-corrected chi connectivity index (χ0v) is 58.1. The van der Waals surface area contributed by atoms with Crippen molar-refractivity contribution in [2.75, 3.05) is 52.2 Å². The normalized spacial score (nSPS) is 13.7. The minimum atomic E-state index is -1.11. The molecule has 100 heavy (non-hydrogen) atoms. The van der Waals surface area contributed by atoms with Crippen molar-refractivity contribution in [2.24, 2.45) is 0 Å². The molecule has 5 aromatic rings. The topological polar surface area (TPSA) is 328 Å². The molecule has 5 aromatic carbocycles. The number of unbranched alkanes of at least 4 members (excludes halogenated alkanes) is 6. The minimum absolute atomic E-state index is 0.0994. The Hall–Kier alpha value is -9.97. The quantitative estimate of drug-likeness (QED) is 0.0132. The number of hydrogen-bond acceptors (Lipinski definition) is 15. The molecule has 2 heterocycles. The zero-order valence-electron chi connectivity index (χ0n) is 58.1. The second-order valence-electron chi connectivity index (χ2n) is 24.2. The van der Waals surface area contributed by atoms with Crippen molar-refractivity contribution in [1.29, 1.82) is 0 Å². The summed E-state index contributed by atoms with van der Waals surface area (Å²) in [6, 6.07) is 37.9. The number of Topliss-reactive ketones (excluding diaryl/α,β-unsaturated/α-hetero) is 1. The maximum atomic E-state index is 13.8. The number of carbonyl (C=O) groups is 11. The predicted octanol–water partition coefficient (Wildman–Crippen LogP) is 8.39. The van der Waals surface area contributed by atoms with Gasteiger partial charge < -0.3 is 57.0 Å². The first kappa shape index (κ1) is 80.7. The van der Waals surface area contributed by atoms with E-state index in [1.165, 1.54) is 29.2 Å². The number of hydrogen-bond donors (Lipinski definition) is 9. The first-order chi connectivity index (χ1) is 48.4. The molecule has 9 amide bonds. The van der Waals surface area contributed by atoms with Crippen LogP contribution in [-0.4, -0.2) is 156 Å². The summed E-state index contributed by atoms with van der Waals surface area (Å²) in [4.78, 5) is 136.